The first-order chi connectivity index (χ1) is 14.9. The zero-order valence-electron chi connectivity index (χ0n) is 16.7. The van der Waals surface area contributed by atoms with Gasteiger partial charge in [-0.25, -0.2) is 5.48 Å². The third-order valence-corrected chi connectivity index (χ3v) is 5.36. The van der Waals surface area contributed by atoms with Gasteiger partial charge in [0, 0.05) is 37.4 Å². The summed E-state index contributed by atoms with van der Waals surface area (Å²) < 4.78 is 35.2. The van der Waals surface area contributed by atoms with Gasteiger partial charge in [-0.05, 0) is 48.2 Å². The van der Waals surface area contributed by atoms with Crippen LogP contribution in [-0.2, 0) is 11.3 Å². The zero-order chi connectivity index (χ0) is 21.8. The number of carbonyl (C=O) groups excluding carboxylic acids is 1. The van der Waals surface area contributed by atoms with E-state index < -0.39 is 12.2 Å². The largest absolute Gasteiger partial charge is 0.586 e. The smallest absolute Gasteiger partial charge is 0.395 e. The third-order valence-electron chi connectivity index (χ3n) is 5.36. The molecule has 2 aliphatic rings. The molecule has 0 bridgehead atoms. The number of benzene rings is 2. The van der Waals surface area contributed by atoms with Crippen molar-refractivity contribution in [3.05, 3.63) is 59.7 Å². The Morgan fingerprint density at radius 2 is 1.90 bits per heavy atom. The topological polar surface area (TPSA) is 83.1 Å². The van der Waals surface area contributed by atoms with Crippen LogP contribution in [0, 0.1) is 0 Å². The van der Waals surface area contributed by atoms with Crippen LogP contribution in [0.1, 0.15) is 24.0 Å². The van der Waals surface area contributed by atoms with Crippen molar-refractivity contribution in [3.63, 3.8) is 0 Å². The number of hydrogen-bond acceptors (Lipinski definition) is 6. The maximum Gasteiger partial charge on any atom is 0.586 e. The lowest BCUT2D eigenvalue weighted by molar-refractivity contribution is -0.286. The predicted octanol–water partition coefficient (Wildman–Crippen LogP) is 3.29. The summed E-state index contributed by atoms with van der Waals surface area (Å²) in [5, 5.41) is 12.1. The van der Waals surface area contributed by atoms with Crippen molar-refractivity contribution in [1.82, 2.24) is 10.8 Å². The number of carbonyl (C=O) groups is 1. The van der Waals surface area contributed by atoms with Crippen LogP contribution in [0.2, 0.25) is 0 Å². The Morgan fingerprint density at radius 1 is 1.16 bits per heavy atom. The average Bonchev–Trinajstić information content (AvgIpc) is 3.09. The summed E-state index contributed by atoms with van der Waals surface area (Å²) >= 11 is 0. The van der Waals surface area contributed by atoms with E-state index in [0.29, 0.717) is 12.6 Å². The highest BCUT2D eigenvalue weighted by atomic mass is 19.3. The summed E-state index contributed by atoms with van der Waals surface area (Å²) in [5.41, 5.74) is 4.36. The summed E-state index contributed by atoms with van der Waals surface area (Å²) in [4.78, 5) is 13.5. The number of nitrogens with zero attached hydrogens (tertiary/aromatic N) is 1. The first-order valence-corrected chi connectivity index (χ1v) is 10.0. The number of hydroxylamine groups is 1. The quantitative estimate of drug-likeness (QED) is 0.370. The van der Waals surface area contributed by atoms with E-state index in [9.17, 15) is 13.6 Å². The van der Waals surface area contributed by atoms with E-state index >= 15 is 0 Å². The highest BCUT2D eigenvalue weighted by Gasteiger charge is 2.43. The highest BCUT2D eigenvalue weighted by molar-refractivity contribution is 5.91. The second-order valence-electron chi connectivity index (χ2n) is 7.46. The van der Waals surface area contributed by atoms with Crippen LogP contribution in [0.5, 0.6) is 11.5 Å². The molecule has 4 rings (SSSR count). The van der Waals surface area contributed by atoms with Crippen LogP contribution in [0.25, 0.3) is 6.08 Å². The SMILES string of the molecule is O=C(/C=C/c1ccccc1N1CCC(NCc2ccc3c(c2)OC(F)(F)O3)CC1)NO. The fourth-order valence-electron chi connectivity index (χ4n) is 3.81. The Kier molecular flexibility index (Phi) is 6.06. The zero-order valence-corrected chi connectivity index (χ0v) is 16.7. The van der Waals surface area contributed by atoms with Crippen LogP contribution < -0.4 is 25.2 Å². The Hall–Kier alpha value is -3.17. The first-order valence-electron chi connectivity index (χ1n) is 10.0. The molecule has 2 aromatic rings. The molecule has 1 fully saturated rings. The Morgan fingerprint density at radius 3 is 2.68 bits per heavy atom. The number of ether oxygens (including phenoxy) is 2. The number of anilines is 1. The van der Waals surface area contributed by atoms with Crippen LogP contribution in [0.4, 0.5) is 14.5 Å². The molecule has 0 saturated carbocycles. The lowest BCUT2D eigenvalue weighted by Crippen LogP contribution is -2.42. The Balaban J connectivity index is 1.31. The number of para-hydroxylation sites is 1. The van der Waals surface area contributed by atoms with Crippen LogP contribution in [0.15, 0.2) is 48.5 Å². The number of fused-ring (bicyclic) bond motifs is 1. The third kappa shape index (κ3) is 5.12. The van der Waals surface area contributed by atoms with E-state index in [4.69, 9.17) is 5.21 Å². The molecular formula is C22H23F2N3O4. The minimum absolute atomic E-state index is 0.0474. The monoisotopic (exact) mass is 431 g/mol. The number of halogens is 2. The molecule has 2 heterocycles. The molecule has 31 heavy (non-hydrogen) atoms. The van der Waals surface area contributed by atoms with Crippen molar-refractivity contribution in [2.75, 3.05) is 18.0 Å². The maximum atomic E-state index is 13.2. The molecular weight excluding hydrogens is 408 g/mol. The van der Waals surface area contributed by atoms with Crippen molar-refractivity contribution in [2.24, 2.45) is 0 Å². The summed E-state index contributed by atoms with van der Waals surface area (Å²) in [6.07, 6.45) is 1.19. The van der Waals surface area contributed by atoms with Crippen molar-refractivity contribution < 1.29 is 28.3 Å². The Bertz CT molecular complexity index is 975. The average molecular weight is 431 g/mol. The van der Waals surface area contributed by atoms with Crippen molar-refractivity contribution >= 4 is 17.7 Å². The normalized spacial score (nSPS) is 17.8. The van der Waals surface area contributed by atoms with E-state index in [-0.39, 0.29) is 11.5 Å². The number of nitrogens with one attached hydrogen (secondary N) is 2. The van der Waals surface area contributed by atoms with Gasteiger partial charge in [0.25, 0.3) is 5.91 Å². The summed E-state index contributed by atoms with van der Waals surface area (Å²) in [6.45, 7) is 2.21. The van der Waals surface area contributed by atoms with Gasteiger partial charge < -0.3 is 19.7 Å². The number of amides is 1. The molecule has 1 saturated heterocycles. The van der Waals surface area contributed by atoms with Crippen molar-refractivity contribution in [3.8, 4) is 11.5 Å². The van der Waals surface area contributed by atoms with E-state index in [1.165, 1.54) is 12.1 Å². The van der Waals surface area contributed by atoms with Gasteiger partial charge in [-0.1, -0.05) is 24.3 Å². The van der Waals surface area contributed by atoms with Crippen molar-refractivity contribution in [2.45, 2.75) is 31.7 Å². The number of alkyl halides is 2. The fraction of sp³-hybridized carbons (Fsp3) is 0.318. The molecule has 9 heteroatoms. The lowest BCUT2D eigenvalue weighted by Gasteiger charge is -2.35. The molecule has 164 valence electrons. The summed E-state index contributed by atoms with van der Waals surface area (Å²) in [7, 11) is 0. The lowest BCUT2D eigenvalue weighted by atomic mass is 10.0. The van der Waals surface area contributed by atoms with E-state index in [1.54, 1.807) is 23.7 Å². The first kappa shape index (κ1) is 21.1. The van der Waals surface area contributed by atoms with Gasteiger partial charge in [0.2, 0.25) is 0 Å². The molecule has 2 aromatic carbocycles. The van der Waals surface area contributed by atoms with Crippen LogP contribution in [0.3, 0.4) is 0 Å². The molecule has 2 aliphatic heterocycles. The Labute approximate surface area is 178 Å². The standard InChI is InChI=1S/C22H23F2N3O4/c23-22(24)30-19-7-5-15(13-20(19)31-22)14-25-17-9-11-27(12-10-17)18-4-2-1-3-16(18)6-8-21(28)26-29/h1-8,13,17,25,29H,9-12,14H2,(H,26,28)/b8-6+. The van der Waals surface area contributed by atoms with Crippen molar-refractivity contribution in [1.29, 1.82) is 0 Å². The second-order valence-corrected chi connectivity index (χ2v) is 7.46. The minimum atomic E-state index is -3.60. The molecule has 0 aliphatic carbocycles. The number of rotatable bonds is 6. The maximum absolute atomic E-state index is 13.2. The van der Waals surface area contributed by atoms with Crippen LogP contribution in [-0.4, -0.2) is 36.5 Å². The molecule has 3 N–H and O–H groups in total. The second kappa shape index (κ2) is 8.91. The van der Waals surface area contributed by atoms with Gasteiger partial charge >= 0.3 is 6.29 Å². The molecule has 0 spiro atoms. The molecule has 1 amide bonds. The molecule has 7 nitrogen and oxygen atoms in total. The molecule has 0 atom stereocenters. The number of piperidine rings is 1. The molecule has 0 radical (unpaired) electrons. The van der Waals surface area contributed by atoms with Gasteiger partial charge in [0.05, 0.1) is 0 Å². The van der Waals surface area contributed by atoms with Crippen LogP contribution >= 0.6 is 0 Å². The van der Waals surface area contributed by atoms with Gasteiger partial charge in [0.15, 0.2) is 11.5 Å². The molecule has 0 unspecified atom stereocenters. The number of hydrogen-bond donors (Lipinski definition) is 3. The fourth-order valence-corrected chi connectivity index (χ4v) is 3.81. The minimum Gasteiger partial charge on any atom is -0.395 e. The van der Waals surface area contributed by atoms with Gasteiger partial charge in [0.1, 0.15) is 0 Å². The highest BCUT2D eigenvalue weighted by Crippen LogP contribution is 2.41. The van der Waals surface area contributed by atoms with Gasteiger partial charge in [-0.15, -0.1) is 8.78 Å². The van der Waals surface area contributed by atoms with E-state index in [1.807, 2.05) is 24.3 Å². The van der Waals surface area contributed by atoms with E-state index in [0.717, 1.165) is 42.7 Å². The summed E-state index contributed by atoms with van der Waals surface area (Å²) in [6, 6.07) is 12.9. The molecule has 0 aromatic heterocycles. The summed E-state index contributed by atoms with van der Waals surface area (Å²) in [5.74, 6) is -0.477. The van der Waals surface area contributed by atoms with Gasteiger partial charge in [-0.2, -0.15) is 0 Å². The predicted molar refractivity (Wildman–Crippen MR) is 110 cm³/mol. The van der Waals surface area contributed by atoms with E-state index in [2.05, 4.69) is 19.7 Å². The van der Waals surface area contributed by atoms with Gasteiger partial charge in [-0.3, -0.25) is 10.0 Å².